The third kappa shape index (κ3) is 2.40. The van der Waals surface area contributed by atoms with E-state index in [0.717, 1.165) is 12.1 Å². The van der Waals surface area contributed by atoms with Crippen LogP contribution in [0.15, 0.2) is 29.1 Å². The van der Waals surface area contributed by atoms with Gasteiger partial charge in [0.1, 0.15) is 5.75 Å². The zero-order valence-electron chi connectivity index (χ0n) is 13.1. The van der Waals surface area contributed by atoms with Gasteiger partial charge in [-0.1, -0.05) is 0 Å². The van der Waals surface area contributed by atoms with E-state index in [1.165, 1.54) is 26.4 Å². The number of hydrogen-bond donors (Lipinski definition) is 1. The predicted molar refractivity (Wildman–Crippen MR) is 88.5 cm³/mol. The number of nitro groups is 2. The number of rotatable bonds is 4. The quantitative estimate of drug-likeness (QED) is 0.435. The molecule has 3 aromatic rings. The molecule has 10 nitrogen and oxygen atoms in total. The third-order valence-electron chi connectivity index (χ3n) is 3.79. The number of non-ortho nitro benzene ring substituents is 1. The van der Waals surface area contributed by atoms with E-state index >= 15 is 0 Å². The second-order valence-corrected chi connectivity index (χ2v) is 5.08. The van der Waals surface area contributed by atoms with Gasteiger partial charge >= 0.3 is 5.69 Å². The minimum absolute atomic E-state index is 0.0163. The van der Waals surface area contributed by atoms with Gasteiger partial charge < -0.3 is 14.5 Å². The highest BCUT2D eigenvalue weighted by Crippen LogP contribution is 2.39. The maximum Gasteiger partial charge on any atom is 0.315 e. The van der Waals surface area contributed by atoms with Gasteiger partial charge in [0.15, 0.2) is 0 Å². The Morgan fingerprint density at radius 1 is 1.04 bits per heavy atom. The Kier molecular flexibility index (Phi) is 3.72. The molecule has 1 heterocycles. The number of methoxy groups -OCH3 is 2. The molecule has 128 valence electrons. The van der Waals surface area contributed by atoms with Crippen molar-refractivity contribution in [1.29, 1.82) is 0 Å². The highest BCUT2D eigenvalue weighted by atomic mass is 16.6. The molecule has 0 saturated carbocycles. The topological polar surface area (TPSA) is 138 Å². The Morgan fingerprint density at radius 3 is 2.32 bits per heavy atom. The lowest BCUT2D eigenvalue weighted by Gasteiger charge is -2.11. The summed E-state index contributed by atoms with van der Waals surface area (Å²) in [5, 5.41) is 22.1. The van der Waals surface area contributed by atoms with Crippen LogP contribution < -0.4 is 14.9 Å². The first-order valence-electron chi connectivity index (χ1n) is 6.92. The maximum absolute atomic E-state index is 12.9. The van der Waals surface area contributed by atoms with Crippen molar-refractivity contribution in [3.05, 3.63) is 54.7 Å². The molecule has 0 bridgehead atoms. The first-order valence-corrected chi connectivity index (χ1v) is 6.92. The molecular weight excluding hydrogens is 334 g/mol. The highest BCUT2D eigenvalue weighted by Gasteiger charge is 2.25. The summed E-state index contributed by atoms with van der Waals surface area (Å²) in [5.74, 6) is -0.157. The Morgan fingerprint density at radius 2 is 1.76 bits per heavy atom. The van der Waals surface area contributed by atoms with Crippen molar-refractivity contribution in [1.82, 2.24) is 4.98 Å². The van der Waals surface area contributed by atoms with Gasteiger partial charge in [-0.3, -0.25) is 25.0 Å². The third-order valence-corrected chi connectivity index (χ3v) is 3.79. The van der Waals surface area contributed by atoms with E-state index in [1.807, 2.05) is 0 Å². The molecule has 0 unspecified atom stereocenters. The molecule has 0 saturated heterocycles. The molecule has 0 amide bonds. The first-order chi connectivity index (χ1) is 11.9. The van der Waals surface area contributed by atoms with Crippen molar-refractivity contribution >= 4 is 33.2 Å². The predicted octanol–water partition coefficient (Wildman–Crippen LogP) is 2.51. The van der Waals surface area contributed by atoms with E-state index in [9.17, 15) is 25.0 Å². The van der Waals surface area contributed by atoms with E-state index in [2.05, 4.69) is 4.98 Å². The summed E-state index contributed by atoms with van der Waals surface area (Å²) >= 11 is 0. The summed E-state index contributed by atoms with van der Waals surface area (Å²) in [7, 11) is 2.51. The average molecular weight is 345 g/mol. The van der Waals surface area contributed by atoms with Gasteiger partial charge in [0.2, 0.25) is 11.2 Å². The fraction of sp³-hybridized carbons (Fsp3) is 0.133. The van der Waals surface area contributed by atoms with Gasteiger partial charge in [0, 0.05) is 12.1 Å². The molecule has 1 N–H and O–H groups in total. The largest absolute Gasteiger partial charge is 0.494 e. The molecule has 0 fully saturated rings. The minimum atomic E-state index is -0.697. The van der Waals surface area contributed by atoms with Crippen LogP contribution in [0.5, 0.6) is 11.5 Å². The number of aromatic nitrogens is 1. The molecule has 0 atom stereocenters. The second-order valence-electron chi connectivity index (χ2n) is 5.08. The number of nitro benzene ring substituents is 2. The van der Waals surface area contributed by atoms with Gasteiger partial charge in [0.05, 0.1) is 51.9 Å². The molecule has 1 aromatic heterocycles. The normalized spacial score (nSPS) is 10.8. The molecule has 0 spiro atoms. The number of pyridine rings is 1. The van der Waals surface area contributed by atoms with E-state index < -0.39 is 21.0 Å². The summed E-state index contributed by atoms with van der Waals surface area (Å²) in [6.45, 7) is 0. The number of fused-ring (bicyclic) bond motifs is 2. The first kappa shape index (κ1) is 16.2. The van der Waals surface area contributed by atoms with Crippen LogP contribution in [-0.2, 0) is 0 Å². The van der Waals surface area contributed by atoms with E-state index in [-0.39, 0.29) is 33.5 Å². The van der Waals surface area contributed by atoms with Crippen LogP contribution in [0, 0.1) is 20.2 Å². The van der Waals surface area contributed by atoms with Crippen LogP contribution >= 0.6 is 0 Å². The molecular formula is C15H11N3O7. The van der Waals surface area contributed by atoms with Crippen LogP contribution in [0.3, 0.4) is 0 Å². The number of nitrogens with zero attached hydrogens (tertiary/aromatic N) is 2. The van der Waals surface area contributed by atoms with Crippen molar-refractivity contribution in [2.45, 2.75) is 0 Å². The van der Waals surface area contributed by atoms with Crippen molar-refractivity contribution in [2.24, 2.45) is 0 Å². The number of nitrogens with one attached hydrogen (secondary N) is 1. The van der Waals surface area contributed by atoms with Crippen LogP contribution in [0.4, 0.5) is 11.4 Å². The summed E-state index contributed by atoms with van der Waals surface area (Å²) < 4.78 is 10.2. The molecule has 3 rings (SSSR count). The Labute approximate surface area is 138 Å². The fourth-order valence-electron chi connectivity index (χ4n) is 2.68. The van der Waals surface area contributed by atoms with Gasteiger partial charge in [-0.2, -0.15) is 0 Å². The summed E-state index contributed by atoms with van der Waals surface area (Å²) in [6, 6.07) is 4.90. The Bertz CT molecular complexity index is 1100. The lowest BCUT2D eigenvalue weighted by molar-refractivity contribution is -0.385. The number of hydrogen-bond acceptors (Lipinski definition) is 7. The summed E-state index contributed by atoms with van der Waals surface area (Å²) in [4.78, 5) is 36.7. The molecule has 10 heteroatoms. The maximum atomic E-state index is 12.9. The molecule has 2 aromatic carbocycles. The zero-order chi connectivity index (χ0) is 18.3. The van der Waals surface area contributed by atoms with Crippen LogP contribution in [0.1, 0.15) is 0 Å². The smallest absolute Gasteiger partial charge is 0.315 e. The Hall–Kier alpha value is -3.69. The lowest BCUT2D eigenvalue weighted by Crippen LogP contribution is -2.09. The SMILES string of the molecule is COc1cc([N+](=O)[O-])c(OC)c2c(=O)c3cc([N+](=O)[O-])ccc3[nH]c12. The highest BCUT2D eigenvalue weighted by molar-refractivity contribution is 6.01. The van der Waals surface area contributed by atoms with Crippen molar-refractivity contribution in [2.75, 3.05) is 14.2 Å². The molecule has 25 heavy (non-hydrogen) atoms. The zero-order valence-corrected chi connectivity index (χ0v) is 13.1. The number of aromatic amines is 1. The van der Waals surface area contributed by atoms with Crippen molar-refractivity contribution in [3.8, 4) is 11.5 Å². The lowest BCUT2D eigenvalue weighted by atomic mass is 10.1. The van der Waals surface area contributed by atoms with Crippen molar-refractivity contribution < 1.29 is 19.3 Å². The van der Waals surface area contributed by atoms with Gasteiger partial charge in [-0.05, 0) is 6.07 Å². The van der Waals surface area contributed by atoms with E-state index in [4.69, 9.17) is 9.47 Å². The number of benzene rings is 2. The average Bonchev–Trinajstić information content (AvgIpc) is 2.59. The van der Waals surface area contributed by atoms with Gasteiger partial charge in [-0.25, -0.2) is 0 Å². The van der Waals surface area contributed by atoms with E-state index in [1.54, 1.807) is 0 Å². The van der Waals surface area contributed by atoms with Crippen LogP contribution in [-0.4, -0.2) is 29.1 Å². The number of ether oxygens (including phenoxy) is 2. The van der Waals surface area contributed by atoms with Gasteiger partial charge in [0.25, 0.3) is 5.69 Å². The second kappa shape index (κ2) is 5.74. The monoisotopic (exact) mass is 345 g/mol. The van der Waals surface area contributed by atoms with E-state index in [0.29, 0.717) is 5.52 Å². The molecule has 0 aliphatic rings. The van der Waals surface area contributed by atoms with Crippen LogP contribution in [0.2, 0.25) is 0 Å². The summed E-state index contributed by atoms with van der Waals surface area (Å²) in [5.41, 5.74) is -0.809. The molecule has 0 aliphatic heterocycles. The summed E-state index contributed by atoms with van der Waals surface area (Å²) in [6.07, 6.45) is 0. The van der Waals surface area contributed by atoms with Gasteiger partial charge in [-0.15, -0.1) is 0 Å². The fourth-order valence-corrected chi connectivity index (χ4v) is 2.68. The Balaban J connectivity index is 2.57. The van der Waals surface area contributed by atoms with Crippen LogP contribution in [0.25, 0.3) is 21.8 Å². The molecule has 0 radical (unpaired) electrons. The minimum Gasteiger partial charge on any atom is -0.494 e. The van der Waals surface area contributed by atoms with Crippen molar-refractivity contribution in [3.63, 3.8) is 0 Å². The number of H-pyrrole nitrogens is 1. The molecule has 0 aliphatic carbocycles. The standard InChI is InChI=1S/C15H11N3O7/c1-24-11-6-10(18(22)23)15(25-2)12-13(11)16-9-4-3-7(17(20)21)5-8(9)14(12)19/h3-6H,1-2H3,(H,16,19).